The van der Waals surface area contributed by atoms with Gasteiger partial charge in [0, 0.05) is 40.6 Å². The van der Waals surface area contributed by atoms with E-state index in [-0.39, 0.29) is 5.91 Å². The van der Waals surface area contributed by atoms with E-state index in [9.17, 15) is 9.59 Å². The molecule has 0 aliphatic carbocycles. The van der Waals surface area contributed by atoms with Crippen LogP contribution in [-0.2, 0) is 0 Å². The lowest BCUT2D eigenvalue weighted by Crippen LogP contribution is -2.25. The van der Waals surface area contributed by atoms with Crippen LogP contribution in [-0.4, -0.2) is 21.4 Å². The van der Waals surface area contributed by atoms with Gasteiger partial charge in [-0.25, -0.2) is 0 Å². The molecule has 0 fully saturated rings. The summed E-state index contributed by atoms with van der Waals surface area (Å²) >= 11 is 0. The molecule has 0 bridgehead atoms. The first-order chi connectivity index (χ1) is 11.1. The summed E-state index contributed by atoms with van der Waals surface area (Å²) in [5, 5.41) is 0. The number of nitrogens with zero attached hydrogens (tertiary/aromatic N) is 2. The molecular formula is C18H17N3O2. The Morgan fingerprint density at radius 1 is 1.09 bits per heavy atom. The van der Waals surface area contributed by atoms with Gasteiger partial charge in [0.05, 0.1) is 0 Å². The van der Waals surface area contributed by atoms with Crippen molar-refractivity contribution >= 4 is 12.2 Å². The van der Waals surface area contributed by atoms with Crippen LogP contribution in [0.3, 0.4) is 0 Å². The Morgan fingerprint density at radius 2 is 1.83 bits per heavy atom. The van der Waals surface area contributed by atoms with Crippen molar-refractivity contribution in [1.29, 1.82) is 0 Å². The second-order valence-corrected chi connectivity index (χ2v) is 5.36. The quantitative estimate of drug-likeness (QED) is 0.753. The van der Waals surface area contributed by atoms with Gasteiger partial charge < -0.3 is 4.57 Å². The van der Waals surface area contributed by atoms with Gasteiger partial charge in [0.15, 0.2) is 6.29 Å². The summed E-state index contributed by atoms with van der Waals surface area (Å²) < 4.78 is 3.57. The lowest BCUT2D eigenvalue weighted by Gasteiger charge is -2.12. The number of carbonyl (C=O) groups is 2. The molecule has 0 spiro atoms. The highest BCUT2D eigenvalue weighted by Crippen LogP contribution is 2.14. The molecular weight excluding hydrogens is 290 g/mol. The maximum Gasteiger partial charge on any atom is 0.270 e. The Kier molecular flexibility index (Phi) is 3.85. The Morgan fingerprint density at radius 3 is 2.48 bits per heavy atom. The standard InChI is InChI=1S/C18H17N3O2/c1-13-10-16(12-22)14(2)21(13)19-18(23)15-6-5-7-17(11-15)20-8-3-4-9-20/h3-12H,1-2H3,(H,19,23). The molecule has 0 saturated heterocycles. The van der Waals surface area contributed by atoms with Crippen LogP contribution in [0, 0.1) is 13.8 Å². The molecule has 5 heteroatoms. The average molecular weight is 307 g/mol. The Bertz CT molecular complexity index is 861. The summed E-state index contributed by atoms with van der Waals surface area (Å²) in [6, 6.07) is 13.0. The minimum absolute atomic E-state index is 0.224. The van der Waals surface area contributed by atoms with E-state index in [1.807, 2.05) is 54.2 Å². The molecule has 1 N–H and O–H groups in total. The maximum atomic E-state index is 12.5. The number of rotatable bonds is 4. The van der Waals surface area contributed by atoms with Gasteiger partial charge in [0.25, 0.3) is 5.91 Å². The van der Waals surface area contributed by atoms with Crippen molar-refractivity contribution in [3.8, 4) is 5.69 Å². The van der Waals surface area contributed by atoms with E-state index in [0.717, 1.165) is 17.7 Å². The number of aldehydes is 1. The Balaban J connectivity index is 1.88. The predicted molar refractivity (Wildman–Crippen MR) is 88.8 cm³/mol. The van der Waals surface area contributed by atoms with E-state index < -0.39 is 0 Å². The molecule has 2 heterocycles. The SMILES string of the molecule is Cc1cc(C=O)c(C)n1NC(=O)c1cccc(-n2cccc2)c1. The fourth-order valence-electron chi connectivity index (χ4n) is 2.56. The zero-order valence-corrected chi connectivity index (χ0v) is 13.0. The summed E-state index contributed by atoms with van der Waals surface area (Å²) in [5.74, 6) is -0.224. The van der Waals surface area contributed by atoms with Crippen molar-refractivity contribution in [2.45, 2.75) is 13.8 Å². The van der Waals surface area contributed by atoms with Gasteiger partial charge in [0.1, 0.15) is 0 Å². The summed E-state index contributed by atoms with van der Waals surface area (Å²) in [5.41, 5.74) is 6.39. The number of hydrogen-bond acceptors (Lipinski definition) is 2. The fourth-order valence-corrected chi connectivity index (χ4v) is 2.56. The van der Waals surface area contributed by atoms with Gasteiger partial charge in [-0.05, 0) is 50.2 Å². The number of aromatic nitrogens is 2. The predicted octanol–water partition coefficient (Wildman–Crippen LogP) is 3.09. The van der Waals surface area contributed by atoms with Crippen LogP contribution < -0.4 is 5.43 Å². The van der Waals surface area contributed by atoms with Crippen molar-refractivity contribution < 1.29 is 9.59 Å². The molecule has 0 saturated carbocycles. The molecule has 23 heavy (non-hydrogen) atoms. The van der Waals surface area contributed by atoms with Gasteiger partial charge in [-0.1, -0.05) is 6.07 Å². The number of nitrogens with one attached hydrogen (secondary N) is 1. The van der Waals surface area contributed by atoms with Gasteiger partial charge >= 0.3 is 0 Å². The maximum absolute atomic E-state index is 12.5. The van der Waals surface area contributed by atoms with Crippen molar-refractivity contribution in [2.75, 3.05) is 5.43 Å². The first-order valence-electron chi connectivity index (χ1n) is 7.29. The average Bonchev–Trinajstić information content (AvgIpc) is 3.19. The van der Waals surface area contributed by atoms with Crippen LogP contribution >= 0.6 is 0 Å². The van der Waals surface area contributed by atoms with E-state index in [1.54, 1.807) is 23.7 Å². The van der Waals surface area contributed by atoms with Gasteiger partial charge in [-0.3, -0.25) is 19.7 Å². The van der Waals surface area contributed by atoms with Gasteiger partial charge in [0.2, 0.25) is 0 Å². The number of hydrogen-bond donors (Lipinski definition) is 1. The number of benzene rings is 1. The zero-order chi connectivity index (χ0) is 16.4. The number of amides is 1. The molecule has 0 unspecified atom stereocenters. The molecule has 0 atom stereocenters. The first kappa shape index (κ1) is 14.8. The van der Waals surface area contributed by atoms with Crippen molar-refractivity contribution in [1.82, 2.24) is 9.24 Å². The van der Waals surface area contributed by atoms with Gasteiger partial charge in [-0.15, -0.1) is 0 Å². The molecule has 0 radical (unpaired) electrons. The molecule has 1 amide bonds. The molecule has 2 aromatic heterocycles. The second-order valence-electron chi connectivity index (χ2n) is 5.36. The molecule has 5 nitrogen and oxygen atoms in total. The molecule has 3 rings (SSSR count). The second kappa shape index (κ2) is 5.96. The van der Waals surface area contributed by atoms with Crippen molar-refractivity contribution in [3.63, 3.8) is 0 Å². The minimum atomic E-state index is -0.224. The molecule has 1 aromatic carbocycles. The van der Waals surface area contributed by atoms with Crippen LogP contribution in [0.15, 0.2) is 54.9 Å². The smallest absolute Gasteiger partial charge is 0.270 e. The van der Waals surface area contributed by atoms with Crippen LogP contribution in [0.5, 0.6) is 0 Å². The first-order valence-corrected chi connectivity index (χ1v) is 7.29. The van der Waals surface area contributed by atoms with Crippen LogP contribution in [0.25, 0.3) is 5.69 Å². The Labute approximate surface area is 134 Å². The van der Waals surface area contributed by atoms with E-state index in [0.29, 0.717) is 16.8 Å². The van der Waals surface area contributed by atoms with Crippen molar-refractivity contribution in [2.24, 2.45) is 0 Å². The summed E-state index contributed by atoms with van der Waals surface area (Å²) in [7, 11) is 0. The van der Waals surface area contributed by atoms with Crippen LogP contribution in [0.2, 0.25) is 0 Å². The normalized spacial score (nSPS) is 10.5. The summed E-state index contributed by atoms with van der Waals surface area (Å²) in [6.07, 6.45) is 4.64. The topological polar surface area (TPSA) is 56.0 Å². The molecule has 0 aliphatic rings. The molecule has 0 aliphatic heterocycles. The number of carbonyl (C=O) groups excluding carboxylic acids is 2. The fraction of sp³-hybridized carbons (Fsp3) is 0.111. The third-order valence-electron chi connectivity index (χ3n) is 3.82. The lowest BCUT2D eigenvalue weighted by molar-refractivity contribution is 0.101. The van der Waals surface area contributed by atoms with E-state index in [1.165, 1.54) is 0 Å². The Hall–Kier alpha value is -3.08. The zero-order valence-electron chi connectivity index (χ0n) is 13.0. The van der Waals surface area contributed by atoms with Crippen molar-refractivity contribution in [3.05, 3.63) is 77.4 Å². The van der Waals surface area contributed by atoms with E-state index in [4.69, 9.17) is 0 Å². The van der Waals surface area contributed by atoms with Gasteiger partial charge in [-0.2, -0.15) is 0 Å². The van der Waals surface area contributed by atoms with Crippen LogP contribution in [0.4, 0.5) is 0 Å². The molecule has 3 aromatic rings. The summed E-state index contributed by atoms with van der Waals surface area (Å²) in [6.45, 7) is 3.64. The monoisotopic (exact) mass is 307 g/mol. The minimum Gasteiger partial charge on any atom is -0.324 e. The third-order valence-corrected chi connectivity index (χ3v) is 3.82. The van der Waals surface area contributed by atoms with E-state index >= 15 is 0 Å². The lowest BCUT2D eigenvalue weighted by atomic mass is 10.2. The largest absolute Gasteiger partial charge is 0.324 e. The highest BCUT2D eigenvalue weighted by Gasteiger charge is 2.12. The van der Waals surface area contributed by atoms with Crippen LogP contribution in [0.1, 0.15) is 32.1 Å². The molecule has 116 valence electrons. The summed E-state index contributed by atoms with van der Waals surface area (Å²) in [4.78, 5) is 23.5. The highest BCUT2D eigenvalue weighted by molar-refractivity contribution is 6.00. The third kappa shape index (κ3) is 2.81. The highest BCUT2D eigenvalue weighted by atomic mass is 16.2. The van der Waals surface area contributed by atoms with E-state index in [2.05, 4.69) is 5.43 Å². The number of aryl methyl sites for hydroxylation is 1.